The Morgan fingerprint density at radius 3 is 2.67 bits per heavy atom. The second-order valence-electron chi connectivity index (χ2n) is 5.94. The SMILES string of the molecule is C/C(=N\O)C1CN(Cc2ccccc2)CC1(C)C. The van der Waals surface area contributed by atoms with E-state index in [0.717, 1.165) is 25.3 Å². The summed E-state index contributed by atoms with van der Waals surface area (Å²) in [6.07, 6.45) is 0. The van der Waals surface area contributed by atoms with Crippen LogP contribution in [0.3, 0.4) is 0 Å². The van der Waals surface area contributed by atoms with Gasteiger partial charge in [-0.1, -0.05) is 49.3 Å². The van der Waals surface area contributed by atoms with E-state index in [4.69, 9.17) is 5.21 Å². The maximum Gasteiger partial charge on any atom is 0.0589 e. The topological polar surface area (TPSA) is 35.8 Å². The van der Waals surface area contributed by atoms with Crippen LogP contribution in [0.25, 0.3) is 0 Å². The Hall–Kier alpha value is -1.35. The van der Waals surface area contributed by atoms with E-state index in [1.807, 2.05) is 13.0 Å². The van der Waals surface area contributed by atoms with Gasteiger partial charge in [-0.25, -0.2) is 0 Å². The first-order valence-corrected chi connectivity index (χ1v) is 6.48. The first kappa shape index (κ1) is 13.1. The normalized spacial score (nSPS) is 24.4. The van der Waals surface area contributed by atoms with Crippen LogP contribution >= 0.6 is 0 Å². The van der Waals surface area contributed by atoms with Crippen molar-refractivity contribution in [3.63, 3.8) is 0 Å². The average molecular weight is 246 g/mol. The van der Waals surface area contributed by atoms with Crippen LogP contribution in [0.1, 0.15) is 26.3 Å². The van der Waals surface area contributed by atoms with Gasteiger partial charge in [0.1, 0.15) is 0 Å². The summed E-state index contributed by atoms with van der Waals surface area (Å²) < 4.78 is 0. The fourth-order valence-electron chi connectivity index (χ4n) is 2.99. The van der Waals surface area contributed by atoms with E-state index in [1.165, 1.54) is 5.56 Å². The van der Waals surface area contributed by atoms with Gasteiger partial charge in [0.25, 0.3) is 0 Å². The Morgan fingerprint density at radius 2 is 2.06 bits per heavy atom. The molecule has 18 heavy (non-hydrogen) atoms. The fraction of sp³-hybridized carbons (Fsp3) is 0.533. The molecule has 1 atom stereocenters. The van der Waals surface area contributed by atoms with E-state index in [1.54, 1.807) is 0 Å². The molecule has 98 valence electrons. The van der Waals surface area contributed by atoms with Crippen molar-refractivity contribution < 1.29 is 5.21 Å². The van der Waals surface area contributed by atoms with E-state index in [2.05, 4.69) is 48.2 Å². The third kappa shape index (κ3) is 2.72. The predicted molar refractivity (Wildman–Crippen MR) is 73.9 cm³/mol. The largest absolute Gasteiger partial charge is 0.411 e. The fourth-order valence-corrected chi connectivity index (χ4v) is 2.99. The molecule has 1 N–H and O–H groups in total. The lowest BCUT2D eigenvalue weighted by Gasteiger charge is -2.24. The lowest BCUT2D eigenvalue weighted by Crippen LogP contribution is -2.27. The average Bonchev–Trinajstić information content (AvgIpc) is 2.64. The van der Waals surface area contributed by atoms with Crippen molar-refractivity contribution in [1.29, 1.82) is 0 Å². The molecule has 3 nitrogen and oxygen atoms in total. The Morgan fingerprint density at radius 1 is 1.39 bits per heavy atom. The highest BCUT2D eigenvalue weighted by Gasteiger charge is 2.40. The molecule has 0 aliphatic carbocycles. The van der Waals surface area contributed by atoms with Gasteiger partial charge in [0.05, 0.1) is 5.71 Å². The van der Waals surface area contributed by atoms with Gasteiger partial charge >= 0.3 is 0 Å². The standard InChI is InChI=1S/C15H22N2O/c1-12(16-18)14-10-17(11-15(14,2)3)9-13-7-5-4-6-8-13/h4-8,14,18H,9-11H2,1-3H3/b16-12+. The molecule has 2 rings (SSSR count). The van der Waals surface area contributed by atoms with Crippen LogP contribution in [0, 0.1) is 11.3 Å². The van der Waals surface area contributed by atoms with Gasteiger partial charge < -0.3 is 5.21 Å². The molecule has 3 heteroatoms. The monoisotopic (exact) mass is 246 g/mol. The Kier molecular flexibility index (Phi) is 3.71. The molecule has 0 amide bonds. The van der Waals surface area contributed by atoms with Crippen LogP contribution in [0.2, 0.25) is 0 Å². The highest BCUT2D eigenvalue weighted by molar-refractivity contribution is 5.85. The lowest BCUT2D eigenvalue weighted by atomic mass is 9.79. The molecule has 0 spiro atoms. The molecule has 1 aliphatic rings. The van der Waals surface area contributed by atoms with Crippen molar-refractivity contribution in [2.75, 3.05) is 13.1 Å². The van der Waals surface area contributed by atoms with E-state index in [-0.39, 0.29) is 5.41 Å². The summed E-state index contributed by atoms with van der Waals surface area (Å²) in [4.78, 5) is 2.44. The first-order valence-electron chi connectivity index (χ1n) is 6.48. The van der Waals surface area contributed by atoms with Gasteiger partial charge in [-0.15, -0.1) is 0 Å². The van der Waals surface area contributed by atoms with Crippen molar-refractivity contribution in [1.82, 2.24) is 4.90 Å². The van der Waals surface area contributed by atoms with Gasteiger partial charge in [-0.3, -0.25) is 4.90 Å². The van der Waals surface area contributed by atoms with Crippen molar-refractivity contribution in [2.45, 2.75) is 27.3 Å². The maximum absolute atomic E-state index is 8.97. The van der Waals surface area contributed by atoms with Gasteiger partial charge in [0, 0.05) is 25.6 Å². The van der Waals surface area contributed by atoms with Crippen LogP contribution in [-0.4, -0.2) is 28.9 Å². The Bertz CT molecular complexity index is 425. The minimum absolute atomic E-state index is 0.172. The predicted octanol–water partition coefficient (Wildman–Crippen LogP) is 2.99. The Labute approximate surface area is 109 Å². The second kappa shape index (κ2) is 5.11. The number of nitrogens with zero attached hydrogens (tertiary/aromatic N) is 2. The summed E-state index contributed by atoms with van der Waals surface area (Å²) in [5, 5.41) is 12.4. The summed E-state index contributed by atoms with van der Waals surface area (Å²) in [5.41, 5.74) is 2.36. The molecule has 1 unspecified atom stereocenters. The highest BCUT2D eigenvalue weighted by atomic mass is 16.4. The van der Waals surface area contributed by atoms with E-state index < -0.39 is 0 Å². The number of oxime groups is 1. The van der Waals surface area contributed by atoms with Gasteiger partial charge in [-0.2, -0.15) is 0 Å². The molecule has 1 fully saturated rings. The van der Waals surface area contributed by atoms with Gasteiger partial charge in [0.15, 0.2) is 0 Å². The molecule has 0 saturated carbocycles. The van der Waals surface area contributed by atoms with E-state index in [0.29, 0.717) is 5.92 Å². The molecule has 0 aromatic heterocycles. The van der Waals surface area contributed by atoms with Gasteiger partial charge in [0.2, 0.25) is 0 Å². The summed E-state index contributed by atoms with van der Waals surface area (Å²) in [6.45, 7) is 9.39. The lowest BCUT2D eigenvalue weighted by molar-refractivity contribution is 0.278. The van der Waals surface area contributed by atoms with Crippen LogP contribution in [0.5, 0.6) is 0 Å². The third-order valence-electron chi connectivity index (χ3n) is 3.93. The number of likely N-dealkylation sites (tertiary alicyclic amines) is 1. The van der Waals surface area contributed by atoms with Crippen molar-refractivity contribution in [3.05, 3.63) is 35.9 Å². The van der Waals surface area contributed by atoms with Crippen LogP contribution < -0.4 is 0 Å². The quantitative estimate of drug-likeness (QED) is 0.505. The highest BCUT2D eigenvalue weighted by Crippen LogP contribution is 2.36. The Balaban J connectivity index is 2.06. The molecule has 1 heterocycles. The number of hydrogen-bond acceptors (Lipinski definition) is 3. The molecule has 1 saturated heterocycles. The zero-order chi connectivity index (χ0) is 13.2. The summed E-state index contributed by atoms with van der Waals surface area (Å²) in [7, 11) is 0. The summed E-state index contributed by atoms with van der Waals surface area (Å²) >= 11 is 0. The van der Waals surface area contributed by atoms with Crippen molar-refractivity contribution in [2.24, 2.45) is 16.5 Å². The van der Waals surface area contributed by atoms with Crippen LogP contribution in [0.4, 0.5) is 0 Å². The molecule has 1 aromatic carbocycles. The number of hydrogen-bond donors (Lipinski definition) is 1. The zero-order valence-electron chi connectivity index (χ0n) is 11.4. The van der Waals surface area contributed by atoms with E-state index >= 15 is 0 Å². The molecular formula is C15H22N2O. The summed E-state index contributed by atoms with van der Waals surface area (Å²) in [5.74, 6) is 0.339. The molecule has 1 aromatic rings. The first-order chi connectivity index (χ1) is 8.53. The maximum atomic E-state index is 8.97. The van der Waals surface area contributed by atoms with E-state index in [9.17, 15) is 0 Å². The molecule has 1 aliphatic heterocycles. The van der Waals surface area contributed by atoms with Crippen LogP contribution in [-0.2, 0) is 6.54 Å². The molecule has 0 radical (unpaired) electrons. The van der Waals surface area contributed by atoms with Crippen molar-refractivity contribution >= 4 is 5.71 Å². The minimum Gasteiger partial charge on any atom is -0.411 e. The zero-order valence-corrected chi connectivity index (χ0v) is 11.4. The van der Waals surface area contributed by atoms with Crippen LogP contribution in [0.15, 0.2) is 35.5 Å². The third-order valence-corrected chi connectivity index (χ3v) is 3.93. The van der Waals surface area contributed by atoms with Crippen molar-refractivity contribution in [3.8, 4) is 0 Å². The molecular weight excluding hydrogens is 224 g/mol. The number of benzene rings is 1. The second-order valence-corrected chi connectivity index (χ2v) is 5.94. The summed E-state index contributed by atoms with van der Waals surface area (Å²) in [6, 6.07) is 10.5. The molecule has 0 bridgehead atoms. The number of rotatable bonds is 3. The minimum atomic E-state index is 0.172. The smallest absolute Gasteiger partial charge is 0.0589 e. The van der Waals surface area contributed by atoms with Gasteiger partial charge in [-0.05, 0) is 17.9 Å².